The summed E-state index contributed by atoms with van der Waals surface area (Å²) in [5, 5.41) is 0. The predicted octanol–water partition coefficient (Wildman–Crippen LogP) is 0.676. The van der Waals surface area contributed by atoms with E-state index in [-0.39, 0.29) is 23.9 Å². The van der Waals surface area contributed by atoms with Crippen LogP contribution in [0.1, 0.15) is 16.8 Å². The molecule has 0 saturated carbocycles. The first-order valence-electron chi connectivity index (χ1n) is 5.46. The largest absolute Gasteiger partial charge is 0.465 e. The first kappa shape index (κ1) is 12.5. The van der Waals surface area contributed by atoms with Crippen LogP contribution in [-0.2, 0) is 9.53 Å². The Balaban J connectivity index is 2.29. The molecule has 96 valence electrons. The lowest BCUT2D eigenvalue weighted by Gasteiger charge is -2.16. The van der Waals surface area contributed by atoms with Crippen LogP contribution in [0.4, 0.5) is 10.1 Å². The van der Waals surface area contributed by atoms with Crippen LogP contribution in [0.25, 0.3) is 0 Å². The Morgan fingerprint density at radius 3 is 2.78 bits per heavy atom. The number of hydrogen-bond acceptors (Lipinski definition) is 4. The van der Waals surface area contributed by atoms with Crippen LogP contribution in [0.3, 0.4) is 0 Å². The monoisotopic (exact) mass is 252 g/mol. The van der Waals surface area contributed by atoms with Gasteiger partial charge in [-0.1, -0.05) is 0 Å². The minimum absolute atomic E-state index is 0.146. The molecule has 1 saturated heterocycles. The number of rotatable bonds is 2. The van der Waals surface area contributed by atoms with Gasteiger partial charge in [0.05, 0.1) is 12.7 Å². The van der Waals surface area contributed by atoms with E-state index in [1.165, 1.54) is 24.1 Å². The van der Waals surface area contributed by atoms with E-state index in [0.717, 1.165) is 6.07 Å². The van der Waals surface area contributed by atoms with Gasteiger partial charge in [0.25, 0.3) is 0 Å². The molecule has 1 amide bonds. The number of benzene rings is 1. The summed E-state index contributed by atoms with van der Waals surface area (Å²) in [5.74, 6) is -1.61. The number of amides is 1. The first-order chi connectivity index (χ1) is 8.52. The zero-order valence-electron chi connectivity index (χ0n) is 9.85. The van der Waals surface area contributed by atoms with Crippen molar-refractivity contribution in [2.75, 3.05) is 18.6 Å². The molecule has 1 aromatic carbocycles. The zero-order valence-corrected chi connectivity index (χ0v) is 9.85. The van der Waals surface area contributed by atoms with Gasteiger partial charge in [-0.3, -0.25) is 4.79 Å². The molecule has 1 aliphatic heterocycles. The van der Waals surface area contributed by atoms with E-state index in [1.54, 1.807) is 0 Å². The van der Waals surface area contributed by atoms with Crippen LogP contribution in [0, 0.1) is 5.82 Å². The van der Waals surface area contributed by atoms with Crippen LogP contribution >= 0.6 is 0 Å². The second-order valence-corrected chi connectivity index (χ2v) is 4.12. The van der Waals surface area contributed by atoms with Gasteiger partial charge in [-0.05, 0) is 18.2 Å². The normalized spacial score (nSPS) is 19.2. The molecule has 1 aliphatic rings. The molecule has 0 aromatic heterocycles. The molecule has 1 aromatic rings. The van der Waals surface area contributed by atoms with Crippen molar-refractivity contribution >= 4 is 17.6 Å². The van der Waals surface area contributed by atoms with E-state index < -0.39 is 11.8 Å². The number of hydrogen-bond donors (Lipinski definition) is 1. The lowest BCUT2D eigenvalue weighted by atomic mass is 10.2. The van der Waals surface area contributed by atoms with Crippen molar-refractivity contribution in [1.29, 1.82) is 0 Å². The van der Waals surface area contributed by atoms with E-state index in [9.17, 15) is 14.0 Å². The molecular formula is C12H13FN2O3. The van der Waals surface area contributed by atoms with Gasteiger partial charge in [0, 0.05) is 24.7 Å². The number of halogens is 1. The van der Waals surface area contributed by atoms with Gasteiger partial charge >= 0.3 is 5.97 Å². The average Bonchev–Trinajstić information content (AvgIpc) is 2.67. The second kappa shape index (κ2) is 4.73. The van der Waals surface area contributed by atoms with Crippen LogP contribution < -0.4 is 10.6 Å². The highest BCUT2D eigenvalue weighted by atomic mass is 19.1. The molecule has 2 N–H and O–H groups in total. The Labute approximate surface area is 103 Å². The molecule has 18 heavy (non-hydrogen) atoms. The van der Waals surface area contributed by atoms with Crippen molar-refractivity contribution in [2.24, 2.45) is 5.73 Å². The summed E-state index contributed by atoms with van der Waals surface area (Å²) in [4.78, 5) is 24.2. The van der Waals surface area contributed by atoms with Crippen LogP contribution in [0.15, 0.2) is 18.2 Å². The molecule has 0 radical (unpaired) electrons. The third-order valence-corrected chi connectivity index (χ3v) is 2.82. The van der Waals surface area contributed by atoms with Gasteiger partial charge in [0.1, 0.15) is 5.82 Å². The van der Waals surface area contributed by atoms with Gasteiger partial charge in [0.2, 0.25) is 5.91 Å². The lowest BCUT2D eigenvalue weighted by Crippen LogP contribution is -2.28. The Hall–Kier alpha value is -1.95. The zero-order chi connectivity index (χ0) is 13.3. The molecule has 1 atom stereocenters. The predicted molar refractivity (Wildman–Crippen MR) is 62.7 cm³/mol. The van der Waals surface area contributed by atoms with Gasteiger partial charge in [-0.15, -0.1) is 0 Å². The standard InChI is InChI=1S/C12H13FN2O3/c1-18-12(17)9-3-2-8(5-10(9)13)15-6-7(14)4-11(15)16/h2-3,5,7H,4,6,14H2,1H3. The van der Waals surface area contributed by atoms with Crippen molar-refractivity contribution in [1.82, 2.24) is 0 Å². The molecule has 0 aliphatic carbocycles. The van der Waals surface area contributed by atoms with Crippen molar-refractivity contribution in [2.45, 2.75) is 12.5 Å². The van der Waals surface area contributed by atoms with Crippen molar-refractivity contribution in [3.05, 3.63) is 29.6 Å². The summed E-state index contributed by atoms with van der Waals surface area (Å²) < 4.78 is 18.1. The topological polar surface area (TPSA) is 72.6 Å². The molecule has 2 rings (SSSR count). The average molecular weight is 252 g/mol. The van der Waals surface area contributed by atoms with Gasteiger partial charge in [0.15, 0.2) is 0 Å². The SMILES string of the molecule is COC(=O)c1ccc(N2CC(N)CC2=O)cc1F. The second-order valence-electron chi connectivity index (χ2n) is 4.12. The van der Waals surface area contributed by atoms with Crippen LogP contribution in [-0.4, -0.2) is 31.6 Å². The highest BCUT2D eigenvalue weighted by Crippen LogP contribution is 2.23. The molecule has 5 nitrogen and oxygen atoms in total. The number of methoxy groups -OCH3 is 1. The van der Waals surface area contributed by atoms with Gasteiger partial charge in [-0.25, -0.2) is 9.18 Å². The van der Waals surface area contributed by atoms with E-state index >= 15 is 0 Å². The third kappa shape index (κ3) is 2.19. The Morgan fingerprint density at radius 1 is 1.56 bits per heavy atom. The number of carbonyl (C=O) groups excluding carboxylic acids is 2. The summed E-state index contributed by atoms with van der Waals surface area (Å²) in [6, 6.07) is 3.71. The van der Waals surface area contributed by atoms with E-state index in [1.807, 2.05) is 0 Å². The maximum atomic E-state index is 13.7. The Morgan fingerprint density at radius 2 is 2.28 bits per heavy atom. The lowest BCUT2D eigenvalue weighted by molar-refractivity contribution is -0.117. The van der Waals surface area contributed by atoms with Crippen molar-refractivity contribution in [3.8, 4) is 0 Å². The van der Waals surface area contributed by atoms with E-state index in [0.29, 0.717) is 12.2 Å². The highest BCUT2D eigenvalue weighted by molar-refractivity contribution is 5.97. The van der Waals surface area contributed by atoms with Crippen LogP contribution in [0.5, 0.6) is 0 Å². The van der Waals surface area contributed by atoms with E-state index in [2.05, 4.69) is 4.74 Å². The first-order valence-corrected chi connectivity index (χ1v) is 5.46. The number of nitrogens with two attached hydrogens (primary N) is 1. The summed E-state index contributed by atoms with van der Waals surface area (Å²) in [6.45, 7) is 0.357. The number of ether oxygens (including phenoxy) is 1. The maximum Gasteiger partial charge on any atom is 0.340 e. The summed E-state index contributed by atoms with van der Waals surface area (Å²) in [6.07, 6.45) is 0.250. The number of carbonyl (C=O) groups is 2. The Kier molecular flexibility index (Phi) is 3.29. The number of anilines is 1. The summed E-state index contributed by atoms with van der Waals surface area (Å²) in [5.41, 5.74) is 5.91. The van der Waals surface area contributed by atoms with Crippen molar-refractivity contribution < 1.29 is 18.7 Å². The summed E-state index contributed by atoms with van der Waals surface area (Å²) >= 11 is 0. The Bertz CT molecular complexity index is 504. The smallest absolute Gasteiger partial charge is 0.340 e. The van der Waals surface area contributed by atoms with E-state index in [4.69, 9.17) is 5.73 Å². The van der Waals surface area contributed by atoms with Gasteiger partial charge in [-0.2, -0.15) is 0 Å². The molecule has 1 unspecified atom stereocenters. The molecule has 0 spiro atoms. The maximum absolute atomic E-state index is 13.7. The fraction of sp³-hybridized carbons (Fsp3) is 0.333. The fourth-order valence-electron chi connectivity index (χ4n) is 1.93. The van der Waals surface area contributed by atoms with Gasteiger partial charge < -0.3 is 15.4 Å². The minimum atomic E-state index is -0.747. The third-order valence-electron chi connectivity index (χ3n) is 2.82. The molecular weight excluding hydrogens is 239 g/mol. The van der Waals surface area contributed by atoms with Crippen molar-refractivity contribution in [3.63, 3.8) is 0 Å². The number of esters is 1. The highest BCUT2D eigenvalue weighted by Gasteiger charge is 2.28. The molecule has 0 bridgehead atoms. The summed E-state index contributed by atoms with van der Waals surface area (Å²) in [7, 11) is 1.18. The number of nitrogens with zero attached hydrogens (tertiary/aromatic N) is 1. The quantitative estimate of drug-likeness (QED) is 0.785. The fourth-order valence-corrected chi connectivity index (χ4v) is 1.93. The molecule has 1 heterocycles. The van der Waals surface area contributed by atoms with Crippen LogP contribution in [0.2, 0.25) is 0 Å². The molecule has 6 heteroatoms. The minimum Gasteiger partial charge on any atom is -0.465 e. The molecule has 1 fully saturated rings.